The molecule has 136 valence electrons. The molecule has 26 heavy (non-hydrogen) atoms. The minimum absolute atomic E-state index is 0.0397. The minimum Gasteiger partial charge on any atom is -0.271 e. The van der Waals surface area contributed by atoms with Crippen molar-refractivity contribution in [3.63, 3.8) is 0 Å². The van der Waals surface area contributed by atoms with Crippen molar-refractivity contribution < 1.29 is 14.4 Å². The summed E-state index contributed by atoms with van der Waals surface area (Å²) in [7, 11) is 0. The molecule has 0 aliphatic carbocycles. The number of hydrogen-bond donors (Lipinski definition) is 0. The highest BCUT2D eigenvalue weighted by Crippen LogP contribution is 2.28. The Kier molecular flexibility index (Phi) is 7.13. The van der Waals surface area contributed by atoms with Crippen LogP contribution in [0.25, 0.3) is 0 Å². The number of imide groups is 1. The molecule has 0 aliphatic heterocycles. The van der Waals surface area contributed by atoms with Crippen molar-refractivity contribution in [2.24, 2.45) is 5.92 Å². The number of benzene rings is 2. The normalized spacial score (nSPS) is 11.8. The molecule has 2 aromatic rings. The molecule has 1 unspecified atom stereocenters. The number of carbonyl (C=O) groups is 2. The van der Waals surface area contributed by atoms with Crippen molar-refractivity contribution in [3.8, 4) is 0 Å². The van der Waals surface area contributed by atoms with Gasteiger partial charge in [0, 0.05) is 10.6 Å². The number of nitrogens with zero attached hydrogens (tertiary/aromatic N) is 1. The van der Waals surface area contributed by atoms with Crippen LogP contribution in [0.15, 0.2) is 67.3 Å². The molecule has 5 heteroatoms. The highest BCUT2D eigenvalue weighted by atomic mass is 35.5. The van der Waals surface area contributed by atoms with Gasteiger partial charge in [0.05, 0.1) is 12.5 Å². The van der Waals surface area contributed by atoms with Gasteiger partial charge in [-0.3, -0.25) is 14.4 Å². The number of rotatable bonds is 7. The number of carbonyl (C=O) groups excluding carboxylic acids is 2. The van der Waals surface area contributed by atoms with Gasteiger partial charge in [-0.15, -0.1) is 11.6 Å². The van der Waals surface area contributed by atoms with E-state index >= 15 is 0 Å². The van der Waals surface area contributed by atoms with E-state index in [4.69, 9.17) is 16.4 Å². The predicted octanol–water partition coefficient (Wildman–Crippen LogP) is 4.87. The minimum atomic E-state index is -0.537. The number of amides is 2. The molecule has 1 atom stereocenters. The second-order valence-electron chi connectivity index (χ2n) is 6.16. The van der Waals surface area contributed by atoms with Crippen LogP contribution in [0, 0.1) is 5.92 Å². The number of halogens is 1. The molecule has 0 aromatic heterocycles. The fourth-order valence-electron chi connectivity index (χ4n) is 2.66. The summed E-state index contributed by atoms with van der Waals surface area (Å²) in [4.78, 5) is 31.5. The molecule has 0 saturated heterocycles. The highest BCUT2D eigenvalue weighted by Gasteiger charge is 2.33. The van der Waals surface area contributed by atoms with Gasteiger partial charge in [0.1, 0.15) is 0 Å². The van der Waals surface area contributed by atoms with Crippen LogP contribution in [-0.4, -0.2) is 23.5 Å². The number of hydrogen-bond acceptors (Lipinski definition) is 3. The second-order valence-corrected chi connectivity index (χ2v) is 6.60. The SMILES string of the molecule is C=CCON(C(=O)c1ccccc1)C(=O)C(c1ccc(Cl)cc1)C(C)C. The molecule has 2 amide bonds. The Hall–Kier alpha value is -2.43. The van der Waals surface area contributed by atoms with Crippen molar-refractivity contribution in [2.75, 3.05) is 6.61 Å². The van der Waals surface area contributed by atoms with Crippen LogP contribution in [0.1, 0.15) is 35.7 Å². The lowest BCUT2D eigenvalue weighted by Gasteiger charge is -2.27. The zero-order valence-electron chi connectivity index (χ0n) is 14.9. The fourth-order valence-corrected chi connectivity index (χ4v) is 2.78. The van der Waals surface area contributed by atoms with Crippen molar-refractivity contribution in [1.29, 1.82) is 0 Å². The molecule has 0 fully saturated rings. The third-order valence-corrected chi connectivity index (χ3v) is 4.14. The lowest BCUT2D eigenvalue weighted by Crippen LogP contribution is -2.41. The van der Waals surface area contributed by atoms with Gasteiger partial charge in [0.25, 0.3) is 11.8 Å². The first kappa shape index (κ1) is 19.9. The van der Waals surface area contributed by atoms with Crippen molar-refractivity contribution >= 4 is 23.4 Å². The van der Waals surface area contributed by atoms with E-state index in [-0.39, 0.29) is 12.5 Å². The quantitative estimate of drug-likeness (QED) is 0.515. The zero-order valence-corrected chi connectivity index (χ0v) is 15.6. The standard InChI is InChI=1S/C21H22ClNO3/c1-4-14-26-23(20(24)17-8-6-5-7-9-17)21(25)19(15(2)3)16-10-12-18(22)13-11-16/h4-13,15,19H,1,14H2,2-3H3. The van der Waals surface area contributed by atoms with E-state index in [2.05, 4.69) is 6.58 Å². The third kappa shape index (κ3) is 4.81. The summed E-state index contributed by atoms with van der Waals surface area (Å²) in [6.45, 7) is 7.49. The summed E-state index contributed by atoms with van der Waals surface area (Å²) in [5.41, 5.74) is 1.16. The Bertz CT molecular complexity index is 757. The van der Waals surface area contributed by atoms with Gasteiger partial charge in [-0.2, -0.15) is 0 Å². The average molecular weight is 372 g/mol. The first-order chi connectivity index (χ1) is 12.5. The maximum Gasteiger partial charge on any atom is 0.284 e. The number of hydroxylamine groups is 2. The summed E-state index contributed by atoms with van der Waals surface area (Å²) in [6.07, 6.45) is 1.49. The van der Waals surface area contributed by atoms with Gasteiger partial charge >= 0.3 is 0 Å². The Morgan fingerprint density at radius 2 is 1.73 bits per heavy atom. The Morgan fingerprint density at radius 1 is 1.12 bits per heavy atom. The van der Waals surface area contributed by atoms with Crippen molar-refractivity contribution in [3.05, 3.63) is 83.4 Å². The summed E-state index contributed by atoms with van der Waals surface area (Å²) in [5, 5.41) is 1.43. The molecule has 0 aliphatic rings. The fraction of sp³-hybridized carbons (Fsp3) is 0.238. The molecular formula is C21H22ClNO3. The van der Waals surface area contributed by atoms with Crippen LogP contribution in [0.4, 0.5) is 0 Å². The topological polar surface area (TPSA) is 46.6 Å². The van der Waals surface area contributed by atoms with Gasteiger partial charge in [-0.25, -0.2) is 0 Å². The second kappa shape index (κ2) is 9.32. The maximum atomic E-state index is 13.2. The van der Waals surface area contributed by atoms with Crippen molar-refractivity contribution in [2.45, 2.75) is 19.8 Å². The molecule has 2 rings (SSSR count). The van der Waals surface area contributed by atoms with E-state index < -0.39 is 17.7 Å². The molecule has 0 bridgehead atoms. The summed E-state index contributed by atoms with van der Waals surface area (Å²) < 4.78 is 0. The average Bonchev–Trinajstić information content (AvgIpc) is 2.64. The van der Waals surface area contributed by atoms with Gasteiger partial charge in [-0.05, 0) is 35.7 Å². The Labute approximate surface area is 159 Å². The first-order valence-corrected chi connectivity index (χ1v) is 8.76. The van der Waals surface area contributed by atoms with Crippen LogP contribution in [0.5, 0.6) is 0 Å². The summed E-state index contributed by atoms with van der Waals surface area (Å²) >= 11 is 5.95. The van der Waals surface area contributed by atoms with Gasteiger partial charge < -0.3 is 0 Å². The van der Waals surface area contributed by atoms with E-state index in [9.17, 15) is 9.59 Å². The van der Waals surface area contributed by atoms with Gasteiger partial charge in [0.2, 0.25) is 0 Å². The van der Waals surface area contributed by atoms with Gasteiger partial charge in [0.15, 0.2) is 0 Å². The summed E-state index contributed by atoms with van der Waals surface area (Å²) in [5.74, 6) is -1.50. The lowest BCUT2D eigenvalue weighted by atomic mass is 9.87. The summed E-state index contributed by atoms with van der Waals surface area (Å²) in [6, 6.07) is 15.6. The molecule has 0 saturated carbocycles. The van der Waals surface area contributed by atoms with Crippen LogP contribution in [0.2, 0.25) is 5.02 Å². The van der Waals surface area contributed by atoms with E-state index in [0.717, 1.165) is 10.6 Å². The molecule has 0 N–H and O–H groups in total. The van der Waals surface area contributed by atoms with E-state index in [1.165, 1.54) is 6.08 Å². The van der Waals surface area contributed by atoms with Crippen LogP contribution >= 0.6 is 11.6 Å². The van der Waals surface area contributed by atoms with E-state index in [1.807, 2.05) is 13.8 Å². The first-order valence-electron chi connectivity index (χ1n) is 8.38. The lowest BCUT2D eigenvalue weighted by molar-refractivity contribution is -0.169. The van der Waals surface area contributed by atoms with Crippen LogP contribution < -0.4 is 0 Å². The van der Waals surface area contributed by atoms with E-state index in [0.29, 0.717) is 10.6 Å². The predicted molar refractivity (Wildman–Crippen MR) is 103 cm³/mol. The highest BCUT2D eigenvalue weighted by molar-refractivity contribution is 6.30. The molecule has 2 aromatic carbocycles. The monoisotopic (exact) mass is 371 g/mol. The van der Waals surface area contributed by atoms with Gasteiger partial charge in [-0.1, -0.05) is 61.9 Å². The molecule has 0 spiro atoms. The zero-order chi connectivity index (χ0) is 19.1. The van der Waals surface area contributed by atoms with Crippen LogP contribution in [-0.2, 0) is 9.63 Å². The Morgan fingerprint density at radius 3 is 2.27 bits per heavy atom. The van der Waals surface area contributed by atoms with Crippen LogP contribution in [0.3, 0.4) is 0 Å². The Balaban J connectivity index is 2.37. The smallest absolute Gasteiger partial charge is 0.271 e. The van der Waals surface area contributed by atoms with Crippen molar-refractivity contribution in [1.82, 2.24) is 5.06 Å². The molecule has 0 heterocycles. The third-order valence-electron chi connectivity index (χ3n) is 3.89. The largest absolute Gasteiger partial charge is 0.284 e. The molecule has 0 radical (unpaired) electrons. The molecule has 4 nitrogen and oxygen atoms in total. The maximum absolute atomic E-state index is 13.2. The molecular weight excluding hydrogens is 350 g/mol. The van der Waals surface area contributed by atoms with E-state index in [1.54, 1.807) is 54.6 Å².